The van der Waals surface area contributed by atoms with Gasteiger partial charge in [0.15, 0.2) is 0 Å². The van der Waals surface area contributed by atoms with Gasteiger partial charge in [-0.25, -0.2) is 0 Å². The number of carbonyl (C=O) groups excluding carboxylic acids is 1. The summed E-state index contributed by atoms with van der Waals surface area (Å²) in [7, 11) is 0. The second-order valence-electron chi connectivity index (χ2n) is 4.49. The van der Waals surface area contributed by atoms with Crippen molar-refractivity contribution in [2.45, 2.75) is 12.5 Å². The Labute approximate surface area is 117 Å². The number of nitrogens with two attached hydrogens (primary N) is 1. The van der Waals surface area contributed by atoms with E-state index >= 15 is 0 Å². The zero-order valence-corrected chi connectivity index (χ0v) is 11.3. The molecule has 3 nitrogen and oxygen atoms in total. The highest BCUT2D eigenvalue weighted by atomic mass is 35.5. The molecule has 1 unspecified atom stereocenters. The van der Waals surface area contributed by atoms with Gasteiger partial charge < -0.3 is 11.1 Å². The molecule has 2 aromatic rings. The van der Waals surface area contributed by atoms with Gasteiger partial charge >= 0.3 is 0 Å². The Morgan fingerprint density at radius 3 is 2.21 bits per heavy atom. The highest BCUT2D eigenvalue weighted by molar-refractivity contribution is 6.30. The summed E-state index contributed by atoms with van der Waals surface area (Å²) >= 11 is 5.84. The fourth-order valence-electron chi connectivity index (χ4n) is 1.87. The molecule has 2 aromatic carbocycles. The van der Waals surface area contributed by atoms with E-state index in [1.54, 1.807) is 19.1 Å². The first-order valence-corrected chi connectivity index (χ1v) is 6.29. The molecule has 0 aliphatic rings. The third-order valence-corrected chi connectivity index (χ3v) is 3.33. The minimum absolute atomic E-state index is 0.436. The van der Waals surface area contributed by atoms with Crippen molar-refractivity contribution in [2.75, 3.05) is 5.32 Å². The molecule has 0 saturated heterocycles. The lowest BCUT2D eigenvalue weighted by atomic mass is 9.91. The molecule has 0 saturated carbocycles. The van der Waals surface area contributed by atoms with Crippen molar-refractivity contribution in [1.82, 2.24) is 0 Å². The average Bonchev–Trinajstić information content (AvgIpc) is 2.42. The number of anilines is 1. The number of halogens is 1. The summed E-state index contributed by atoms with van der Waals surface area (Å²) in [5, 5.41) is 3.81. The highest BCUT2D eigenvalue weighted by Crippen LogP contribution is 2.26. The van der Waals surface area contributed by atoms with Crippen molar-refractivity contribution >= 4 is 23.2 Å². The monoisotopic (exact) mass is 274 g/mol. The summed E-state index contributed by atoms with van der Waals surface area (Å²) in [5.74, 6) is -0.436. The summed E-state index contributed by atoms with van der Waals surface area (Å²) in [4.78, 5) is 11.8. The molecule has 0 bridgehead atoms. The van der Waals surface area contributed by atoms with Crippen LogP contribution in [0, 0.1) is 0 Å². The van der Waals surface area contributed by atoms with Crippen molar-refractivity contribution in [3.63, 3.8) is 0 Å². The number of hydrogen-bond acceptors (Lipinski definition) is 2. The summed E-state index contributed by atoms with van der Waals surface area (Å²) in [6, 6.07) is 16.5. The van der Waals surface area contributed by atoms with Gasteiger partial charge in [-0.05, 0) is 36.8 Å². The smallest absolute Gasteiger partial charge is 0.247 e. The molecule has 0 radical (unpaired) electrons. The van der Waals surface area contributed by atoms with Crippen molar-refractivity contribution in [3.05, 3.63) is 65.2 Å². The topological polar surface area (TPSA) is 55.1 Å². The maximum atomic E-state index is 11.8. The van der Waals surface area contributed by atoms with Gasteiger partial charge in [-0.1, -0.05) is 41.9 Å². The SMILES string of the molecule is CC(Nc1ccc(Cl)cc1)(C(N)=O)c1ccccc1. The Bertz CT molecular complexity index is 568. The van der Waals surface area contributed by atoms with Crippen LogP contribution >= 0.6 is 11.6 Å². The summed E-state index contributed by atoms with van der Waals surface area (Å²) in [6.45, 7) is 1.76. The molecule has 1 atom stereocenters. The van der Waals surface area contributed by atoms with E-state index in [0.29, 0.717) is 5.02 Å². The van der Waals surface area contributed by atoms with Crippen molar-refractivity contribution in [1.29, 1.82) is 0 Å². The largest absolute Gasteiger partial charge is 0.368 e. The number of amides is 1. The van der Waals surface area contributed by atoms with E-state index in [-0.39, 0.29) is 0 Å². The lowest BCUT2D eigenvalue weighted by Gasteiger charge is -2.29. The molecular weight excluding hydrogens is 260 g/mol. The zero-order valence-electron chi connectivity index (χ0n) is 10.6. The first-order valence-electron chi connectivity index (χ1n) is 5.91. The van der Waals surface area contributed by atoms with Crippen molar-refractivity contribution < 1.29 is 4.79 Å². The van der Waals surface area contributed by atoms with Gasteiger partial charge in [-0.3, -0.25) is 4.79 Å². The molecule has 2 rings (SSSR count). The minimum atomic E-state index is -0.963. The quantitative estimate of drug-likeness (QED) is 0.900. The molecule has 3 N–H and O–H groups in total. The molecule has 0 aromatic heterocycles. The van der Waals surface area contributed by atoms with Crippen LogP contribution in [0.25, 0.3) is 0 Å². The number of primary amides is 1. The Morgan fingerprint density at radius 2 is 1.68 bits per heavy atom. The second-order valence-corrected chi connectivity index (χ2v) is 4.92. The first-order chi connectivity index (χ1) is 9.02. The van der Waals surface area contributed by atoms with Crippen LogP contribution in [0.15, 0.2) is 54.6 Å². The Balaban J connectivity index is 2.36. The number of benzene rings is 2. The van der Waals surface area contributed by atoms with Gasteiger partial charge in [0.05, 0.1) is 0 Å². The Morgan fingerprint density at radius 1 is 1.11 bits per heavy atom. The van der Waals surface area contributed by atoms with Crippen LogP contribution in [0.4, 0.5) is 5.69 Å². The molecule has 0 aliphatic carbocycles. The fraction of sp³-hybridized carbons (Fsp3) is 0.133. The predicted molar refractivity (Wildman–Crippen MR) is 78.1 cm³/mol. The fourth-order valence-corrected chi connectivity index (χ4v) is 2.00. The highest BCUT2D eigenvalue weighted by Gasteiger charge is 2.32. The number of rotatable bonds is 4. The van der Waals surface area contributed by atoms with Crippen molar-refractivity contribution in [2.24, 2.45) is 5.73 Å². The lowest BCUT2D eigenvalue weighted by molar-refractivity contribution is -0.122. The van der Waals surface area contributed by atoms with Crippen LogP contribution in [-0.4, -0.2) is 5.91 Å². The van der Waals surface area contributed by atoms with Crippen LogP contribution in [0.1, 0.15) is 12.5 Å². The first kappa shape index (κ1) is 13.4. The molecule has 0 fully saturated rings. The van der Waals surface area contributed by atoms with Gasteiger partial charge in [0.2, 0.25) is 5.91 Å². The van der Waals surface area contributed by atoms with Gasteiger partial charge in [0.1, 0.15) is 5.54 Å². The van der Waals surface area contributed by atoms with Crippen LogP contribution < -0.4 is 11.1 Å². The molecule has 98 valence electrons. The lowest BCUT2D eigenvalue weighted by Crippen LogP contribution is -2.45. The standard InChI is InChI=1S/C15H15ClN2O/c1-15(14(17)19,11-5-3-2-4-6-11)18-13-9-7-12(16)8-10-13/h2-10,18H,1H3,(H2,17,19). The van der Waals surface area contributed by atoms with Crippen LogP contribution in [0.3, 0.4) is 0 Å². The summed E-state index contributed by atoms with van der Waals surface area (Å²) < 4.78 is 0. The van der Waals surface area contributed by atoms with E-state index in [1.165, 1.54) is 0 Å². The Kier molecular flexibility index (Phi) is 3.76. The average molecular weight is 275 g/mol. The molecular formula is C15H15ClN2O. The van der Waals surface area contributed by atoms with Crippen LogP contribution in [0.2, 0.25) is 5.02 Å². The predicted octanol–water partition coefficient (Wildman–Crippen LogP) is 3.15. The minimum Gasteiger partial charge on any atom is -0.368 e. The van der Waals surface area contributed by atoms with Gasteiger partial charge in [-0.15, -0.1) is 0 Å². The number of hydrogen-bond donors (Lipinski definition) is 2. The van der Waals surface area contributed by atoms with Crippen LogP contribution in [0.5, 0.6) is 0 Å². The zero-order chi connectivity index (χ0) is 13.9. The molecule has 0 aliphatic heterocycles. The number of carbonyl (C=O) groups is 1. The third-order valence-electron chi connectivity index (χ3n) is 3.08. The Hall–Kier alpha value is -2.00. The van der Waals surface area contributed by atoms with E-state index in [9.17, 15) is 4.79 Å². The molecule has 19 heavy (non-hydrogen) atoms. The second kappa shape index (κ2) is 5.33. The number of nitrogens with one attached hydrogen (secondary N) is 1. The normalized spacial score (nSPS) is 13.6. The van der Waals surface area contributed by atoms with E-state index in [4.69, 9.17) is 17.3 Å². The van der Waals surface area contributed by atoms with Gasteiger partial charge in [-0.2, -0.15) is 0 Å². The van der Waals surface area contributed by atoms with E-state index in [0.717, 1.165) is 11.3 Å². The van der Waals surface area contributed by atoms with E-state index in [2.05, 4.69) is 5.32 Å². The maximum absolute atomic E-state index is 11.8. The molecule has 0 spiro atoms. The van der Waals surface area contributed by atoms with Crippen LogP contribution in [-0.2, 0) is 10.3 Å². The van der Waals surface area contributed by atoms with Gasteiger partial charge in [0, 0.05) is 10.7 Å². The molecule has 1 amide bonds. The molecule has 0 heterocycles. The van der Waals surface area contributed by atoms with Gasteiger partial charge in [0.25, 0.3) is 0 Å². The van der Waals surface area contributed by atoms with Crippen molar-refractivity contribution in [3.8, 4) is 0 Å². The summed E-state index contributed by atoms with van der Waals surface area (Å²) in [5.41, 5.74) is 6.19. The molecule has 4 heteroatoms. The van der Waals surface area contributed by atoms with E-state index in [1.807, 2.05) is 42.5 Å². The maximum Gasteiger partial charge on any atom is 0.247 e. The van der Waals surface area contributed by atoms with E-state index < -0.39 is 11.4 Å². The summed E-state index contributed by atoms with van der Waals surface area (Å²) in [6.07, 6.45) is 0. The third kappa shape index (κ3) is 2.88.